The van der Waals surface area contributed by atoms with Crippen molar-refractivity contribution in [2.24, 2.45) is 17.4 Å². The van der Waals surface area contributed by atoms with E-state index in [9.17, 15) is 14.4 Å². The minimum absolute atomic E-state index is 0.0363. The summed E-state index contributed by atoms with van der Waals surface area (Å²) < 4.78 is 10.3. The molecule has 8 nitrogen and oxygen atoms in total. The molecule has 3 rings (SSSR count). The van der Waals surface area contributed by atoms with Gasteiger partial charge in [0, 0.05) is 24.6 Å². The monoisotopic (exact) mass is 493 g/mol. The Balaban J connectivity index is 1.67. The number of rotatable bonds is 11. The highest BCUT2D eigenvalue weighted by Crippen LogP contribution is 2.18. The molecule has 36 heavy (non-hydrogen) atoms. The number of amides is 1. The van der Waals surface area contributed by atoms with Crippen molar-refractivity contribution in [1.82, 2.24) is 4.90 Å². The molecule has 0 spiro atoms. The van der Waals surface area contributed by atoms with E-state index in [0.717, 1.165) is 11.1 Å². The topological polar surface area (TPSA) is 125 Å². The third-order valence-corrected chi connectivity index (χ3v) is 6.16. The lowest BCUT2D eigenvalue weighted by atomic mass is 9.88. The smallest absolute Gasteiger partial charge is 0.353 e. The Bertz CT molecular complexity index is 1050. The number of nitrogens with two attached hydrogens (primary N) is 2. The van der Waals surface area contributed by atoms with Crippen LogP contribution in [0.25, 0.3) is 0 Å². The lowest BCUT2D eigenvalue weighted by Gasteiger charge is -2.27. The van der Waals surface area contributed by atoms with Crippen LogP contribution in [0.4, 0.5) is 0 Å². The first-order valence-electron chi connectivity index (χ1n) is 12.3. The van der Waals surface area contributed by atoms with E-state index in [-0.39, 0.29) is 24.0 Å². The van der Waals surface area contributed by atoms with Crippen LogP contribution in [0.3, 0.4) is 0 Å². The zero-order chi connectivity index (χ0) is 25.9. The number of nitrogens with zero attached hydrogens (tertiary/aromatic N) is 1. The minimum atomic E-state index is -0.794. The first-order chi connectivity index (χ1) is 17.4. The van der Waals surface area contributed by atoms with Gasteiger partial charge >= 0.3 is 5.97 Å². The van der Waals surface area contributed by atoms with Crippen molar-refractivity contribution in [1.29, 1.82) is 0 Å². The number of esters is 1. The van der Waals surface area contributed by atoms with Gasteiger partial charge in [-0.3, -0.25) is 9.59 Å². The molecule has 0 unspecified atom stereocenters. The van der Waals surface area contributed by atoms with Gasteiger partial charge in [0.05, 0.1) is 25.9 Å². The number of hydrogen-bond acceptors (Lipinski definition) is 7. The maximum atomic E-state index is 13.3. The molecule has 192 valence electrons. The first kappa shape index (κ1) is 27.1. The molecule has 1 aliphatic heterocycles. The average Bonchev–Trinajstić information content (AvgIpc) is 2.91. The zero-order valence-electron chi connectivity index (χ0n) is 20.7. The number of carbonyl (C=O) groups excluding carboxylic acids is 3. The van der Waals surface area contributed by atoms with Crippen LogP contribution in [0.2, 0.25) is 0 Å². The molecule has 0 aliphatic carbocycles. The number of hydrogen-bond donors (Lipinski definition) is 2. The summed E-state index contributed by atoms with van der Waals surface area (Å²) in [5.74, 6) is -1.52. The van der Waals surface area contributed by atoms with Crippen LogP contribution in [0.5, 0.6) is 0 Å². The molecule has 1 heterocycles. The summed E-state index contributed by atoms with van der Waals surface area (Å²) >= 11 is 0. The molecule has 1 saturated heterocycles. The van der Waals surface area contributed by atoms with Crippen LogP contribution in [0, 0.1) is 5.92 Å². The van der Waals surface area contributed by atoms with Crippen molar-refractivity contribution in [2.45, 2.75) is 32.2 Å². The Labute approximate surface area is 212 Å². The highest BCUT2D eigenvalue weighted by molar-refractivity contribution is 5.94. The maximum absolute atomic E-state index is 13.3. The van der Waals surface area contributed by atoms with E-state index in [1.54, 1.807) is 24.0 Å². The summed E-state index contributed by atoms with van der Waals surface area (Å²) in [7, 11) is 0. The highest BCUT2D eigenvalue weighted by Gasteiger charge is 2.25. The van der Waals surface area contributed by atoms with Gasteiger partial charge in [0.25, 0.3) is 5.91 Å². The zero-order valence-corrected chi connectivity index (χ0v) is 20.7. The SMILES string of the molecule is CCOC(=O)/C(N)=C\[C@H](CCc1ccccc1)C(=O)[C@@H](N)Cc1ccc(C(=O)N2CCOCC2)cc1. The molecular formula is C28H35N3O5. The summed E-state index contributed by atoms with van der Waals surface area (Å²) in [6, 6.07) is 16.1. The number of morpholine rings is 1. The van der Waals surface area contributed by atoms with Crippen LogP contribution < -0.4 is 11.5 Å². The molecular weight excluding hydrogens is 458 g/mol. The van der Waals surface area contributed by atoms with Crippen molar-refractivity contribution in [3.8, 4) is 0 Å². The molecule has 4 N–H and O–H groups in total. The lowest BCUT2D eigenvalue weighted by molar-refractivity contribution is -0.138. The predicted octanol–water partition coefficient (Wildman–Crippen LogP) is 2.25. The molecule has 1 amide bonds. The highest BCUT2D eigenvalue weighted by atomic mass is 16.5. The van der Waals surface area contributed by atoms with Gasteiger partial charge in [-0.1, -0.05) is 42.5 Å². The van der Waals surface area contributed by atoms with E-state index in [0.29, 0.717) is 51.1 Å². The fraction of sp³-hybridized carbons (Fsp3) is 0.393. The summed E-state index contributed by atoms with van der Waals surface area (Å²) in [5.41, 5.74) is 14.7. The maximum Gasteiger partial charge on any atom is 0.353 e. The first-order valence-corrected chi connectivity index (χ1v) is 12.3. The Morgan fingerprint density at radius 1 is 1.03 bits per heavy atom. The van der Waals surface area contributed by atoms with Gasteiger partial charge in [-0.05, 0) is 55.5 Å². The Morgan fingerprint density at radius 3 is 2.33 bits per heavy atom. The molecule has 8 heteroatoms. The molecule has 1 aliphatic rings. The van der Waals surface area contributed by atoms with Crippen LogP contribution in [0.1, 0.15) is 34.8 Å². The summed E-state index contributed by atoms with van der Waals surface area (Å²) in [5, 5.41) is 0. The quantitative estimate of drug-likeness (QED) is 0.363. The van der Waals surface area contributed by atoms with E-state index in [4.69, 9.17) is 20.9 Å². The predicted molar refractivity (Wildman–Crippen MR) is 137 cm³/mol. The third kappa shape index (κ3) is 7.76. The van der Waals surface area contributed by atoms with Gasteiger partial charge in [-0.25, -0.2) is 4.79 Å². The normalized spacial score (nSPS) is 15.7. The van der Waals surface area contributed by atoms with Crippen LogP contribution in [-0.2, 0) is 31.9 Å². The number of ketones is 1. The molecule has 0 aromatic heterocycles. The van der Waals surface area contributed by atoms with Crippen LogP contribution in [0.15, 0.2) is 66.4 Å². The molecule has 2 aromatic carbocycles. The van der Waals surface area contributed by atoms with E-state index < -0.39 is 17.9 Å². The Kier molecular flexibility index (Phi) is 10.2. The van der Waals surface area contributed by atoms with Gasteiger partial charge in [0.15, 0.2) is 5.78 Å². The Morgan fingerprint density at radius 2 is 1.69 bits per heavy atom. The van der Waals surface area contributed by atoms with E-state index in [1.165, 1.54) is 6.08 Å². The Hall–Kier alpha value is -3.49. The average molecular weight is 494 g/mol. The molecule has 1 fully saturated rings. The van der Waals surface area contributed by atoms with Crippen LogP contribution in [-0.4, -0.2) is 61.5 Å². The number of allylic oxidation sites excluding steroid dienone is 1. The second-order valence-electron chi connectivity index (χ2n) is 8.79. The van der Waals surface area contributed by atoms with Gasteiger partial charge < -0.3 is 25.8 Å². The molecule has 2 aromatic rings. The number of aryl methyl sites for hydroxylation is 1. The van der Waals surface area contributed by atoms with Crippen LogP contribution >= 0.6 is 0 Å². The molecule has 0 radical (unpaired) electrons. The number of carbonyl (C=O) groups is 3. The number of Topliss-reactive ketones (excluding diaryl/α,β-unsaturated/α-hetero) is 1. The summed E-state index contributed by atoms with van der Waals surface area (Å²) in [6.07, 6.45) is 2.87. The largest absolute Gasteiger partial charge is 0.461 e. The summed E-state index contributed by atoms with van der Waals surface area (Å²) in [6.45, 7) is 4.13. The van der Waals surface area contributed by atoms with Gasteiger partial charge in [0.2, 0.25) is 0 Å². The van der Waals surface area contributed by atoms with E-state index >= 15 is 0 Å². The van der Waals surface area contributed by atoms with Gasteiger partial charge in [-0.15, -0.1) is 0 Å². The lowest BCUT2D eigenvalue weighted by Crippen LogP contribution is -2.40. The van der Waals surface area contributed by atoms with Gasteiger partial charge in [-0.2, -0.15) is 0 Å². The molecule has 0 saturated carbocycles. The molecule has 2 atom stereocenters. The second-order valence-corrected chi connectivity index (χ2v) is 8.79. The van der Waals surface area contributed by atoms with Gasteiger partial charge in [0.1, 0.15) is 5.70 Å². The van der Waals surface area contributed by atoms with Crippen molar-refractivity contribution in [3.05, 3.63) is 83.1 Å². The van der Waals surface area contributed by atoms with Crippen molar-refractivity contribution in [3.63, 3.8) is 0 Å². The standard InChI is InChI=1S/C28H35N3O5/c1-2-36-28(34)25(30)19-23(13-8-20-6-4-3-5-7-20)26(32)24(29)18-21-9-11-22(12-10-21)27(33)31-14-16-35-17-15-31/h3-7,9-12,19,23-24H,2,8,13-18,29-30H2,1H3/b25-19+/t23-,24-/m0/s1. The van der Waals surface area contributed by atoms with Crippen molar-refractivity contribution < 1.29 is 23.9 Å². The van der Waals surface area contributed by atoms with Crippen molar-refractivity contribution >= 4 is 17.7 Å². The van der Waals surface area contributed by atoms with E-state index in [1.807, 2.05) is 42.5 Å². The van der Waals surface area contributed by atoms with E-state index in [2.05, 4.69) is 0 Å². The number of benzene rings is 2. The fourth-order valence-electron chi connectivity index (χ4n) is 4.14. The fourth-order valence-corrected chi connectivity index (χ4v) is 4.14. The number of ether oxygens (including phenoxy) is 2. The third-order valence-electron chi connectivity index (χ3n) is 6.16. The second kappa shape index (κ2) is 13.6. The summed E-state index contributed by atoms with van der Waals surface area (Å²) in [4.78, 5) is 39.8. The molecule has 0 bridgehead atoms. The minimum Gasteiger partial charge on any atom is -0.461 e. The van der Waals surface area contributed by atoms with Crippen molar-refractivity contribution in [2.75, 3.05) is 32.9 Å².